The molecule has 0 bridgehead atoms. The molecule has 0 radical (unpaired) electrons. The van der Waals surface area contributed by atoms with Gasteiger partial charge in [-0.15, -0.1) is 0 Å². The molecule has 0 N–H and O–H groups in total. The zero-order valence-corrected chi connectivity index (χ0v) is 15.1. The van der Waals surface area contributed by atoms with Crippen LogP contribution >= 0.6 is 0 Å². The first-order chi connectivity index (χ1) is 12.8. The summed E-state index contributed by atoms with van der Waals surface area (Å²) in [6.45, 7) is 3.79. The van der Waals surface area contributed by atoms with E-state index >= 15 is 0 Å². The average Bonchev–Trinajstić information content (AvgIpc) is 2.83. The Morgan fingerprint density at radius 1 is 0.923 bits per heavy atom. The van der Waals surface area contributed by atoms with Crippen LogP contribution < -0.4 is 4.90 Å². The van der Waals surface area contributed by atoms with Crippen molar-refractivity contribution in [2.45, 2.75) is 31.4 Å². The number of nitrogens with zero attached hydrogens (tertiary/aromatic N) is 2. The van der Waals surface area contributed by atoms with E-state index in [2.05, 4.69) is 29.2 Å². The maximum absolute atomic E-state index is 13.5. The SMILES string of the molecule is O=C1N(c2ccccc2)CCCCC12CN(Cc1ccccc1)CCO2. The van der Waals surface area contributed by atoms with E-state index in [0.29, 0.717) is 13.2 Å². The second kappa shape index (κ2) is 7.60. The van der Waals surface area contributed by atoms with Gasteiger partial charge in [-0.25, -0.2) is 0 Å². The van der Waals surface area contributed by atoms with Gasteiger partial charge in [-0.2, -0.15) is 0 Å². The van der Waals surface area contributed by atoms with Gasteiger partial charge in [-0.1, -0.05) is 48.5 Å². The summed E-state index contributed by atoms with van der Waals surface area (Å²) in [5, 5.41) is 0. The Morgan fingerprint density at radius 3 is 2.42 bits per heavy atom. The Kier molecular flexibility index (Phi) is 5.05. The van der Waals surface area contributed by atoms with Crippen molar-refractivity contribution < 1.29 is 9.53 Å². The molecular weight excluding hydrogens is 324 g/mol. The molecule has 0 saturated carbocycles. The Hall–Kier alpha value is -2.17. The molecule has 1 spiro atoms. The number of ether oxygens (including phenoxy) is 1. The van der Waals surface area contributed by atoms with Gasteiger partial charge in [0, 0.05) is 31.9 Å². The second-order valence-corrected chi connectivity index (χ2v) is 7.29. The van der Waals surface area contributed by atoms with Crippen molar-refractivity contribution in [3.8, 4) is 0 Å². The molecule has 136 valence electrons. The van der Waals surface area contributed by atoms with Crippen molar-refractivity contribution in [1.29, 1.82) is 0 Å². The van der Waals surface area contributed by atoms with Gasteiger partial charge in [-0.05, 0) is 37.0 Å². The standard InChI is InChI=1S/C22H26N2O2/c25-21-22(13-7-8-14-24(21)20-11-5-2-6-12-20)18-23(15-16-26-22)17-19-9-3-1-4-10-19/h1-6,9-12H,7-8,13-18H2. The third-order valence-corrected chi connectivity index (χ3v) is 5.43. The van der Waals surface area contributed by atoms with Crippen LogP contribution in [0.15, 0.2) is 60.7 Å². The van der Waals surface area contributed by atoms with E-state index < -0.39 is 5.60 Å². The highest BCUT2D eigenvalue weighted by Gasteiger charge is 2.47. The number of carbonyl (C=O) groups is 1. The van der Waals surface area contributed by atoms with E-state index in [-0.39, 0.29) is 5.91 Å². The van der Waals surface area contributed by atoms with Gasteiger partial charge < -0.3 is 9.64 Å². The van der Waals surface area contributed by atoms with Gasteiger partial charge in [0.2, 0.25) is 0 Å². The van der Waals surface area contributed by atoms with Crippen LogP contribution in [0.4, 0.5) is 5.69 Å². The largest absolute Gasteiger partial charge is 0.362 e. The number of hydrogen-bond donors (Lipinski definition) is 0. The summed E-state index contributed by atoms with van der Waals surface area (Å²) in [4.78, 5) is 17.8. The predicted octanol–water partition coefficient (Wildman–Crippen LogP) is 3.47. The predicted molar refractivity (Wildman–Crippen MR) is 103 cm³/mol. The van der Waals surface area contributed by atoms with Crippen LogP contribution in [-0.4, -0.2) is 42.6 Å². The molecular formula is C22H26N2O2. The van der Waals surface area contributed by atoms with E-state index in [1.807, 2.05) is 41.3 Å². The third kappa shape index (κ3) is 3.53. The molecule has 2 aromatic carbocycles. The smallest absolute Gasteiger partial charge is 0.260 e. The lowest BCUT2D eigenvalue weighted by Crippen LogP contribution is -2.59. The van der Waals surface area contributed by atoms with Crippen LogP contribution in [0.5, 0.6) is 0 Å². The van der Waals surface area contributed by atoms with Gasteiger partial charge in [0.15, 0.2) is 5.60 Å². The lowest BCUT2D eigenvalue weighted by Gasteiger charge is -2.42. The average molecular weight is 350 g/mol. The van der Waals surface area contributed by atoms with Gasteiger partial charge in [0.05, 0.1) is 6.61 Å². The van der Waals surface area contributed by atoms with Crippen LogP contribution in [0.1, 0.15) is 24.8 Å². The molecule has 2 aromatic rings. The molecule has 0 aliphatic carbocycles. The van der Waals surface area contributed by atoms with Crippen molar-refractivity contribution in [2.24, 2.45) is 0 Å². The molecule has 1 amide bonds. The zero-order valence-electron chi connectivity index (χ0n) is 15.1. The first kappa shape index (κ1) is 17.3. The maximum Gasteiger partial charge on any atom is 0.260 e. The monoisotopic (exact) mass is 350 g/mol. The van der Waals surface area contributed by atoms with Gasteiger partial charge in [0.25, 0.3) is 5.91 Å². The minimum atomic E-state index is -0.709. The molecule has 2 aliphatic heterocycles. The van der Waals surface area contributed by atoms with E-state index in [1.165, 1.54) is 5.56 Å². The number of morpholine rings is 1. The van der Waals surface area contributed by atoms with Crippen molar-refractivity contribution in [3.05, 3.63) is 66.2 Å². The normalized spacial score (nSPS) is 24.6. The Balaban J connectivity index is 1.56. The molecule has 0 aromatic heterocycles. The molecule has 1 unspecified atom stereocenters. The van der Waals surface area contributed by atoms with E-state index in [9.17, 15) is 4.79 Å². The van der Waals surface area contributed by atoms with Gasteiger partial charge >= 0.3 is 0 Å². The fraction of sp³-hybridized carbons (Fsp3) is 0.409. The molecule has 2 saturated heterocycles. The van der Waals surface area contributed by atoms with Gasteiger partial charge in [-0.3, -0.25) is 9.69 Å². The fourth-order valence-electron chi connectivity index (χ4n) is 4.10. The number of carbonyl (C=O) groups excluding carboxylic acids is 1. The molecule has 26 heavy (non-hydrogen) atoms. The van der Waals surface area contributed by atoms with Crippen LogP contribution in [0, 0.1) is 0 Å². The summed E-state index contributed by atoms with van der Waals surface area (Å²) in [5.41, 5.74) is 1.55. The van der Waals surface area contributed by atoms with Crippen LogP contribution in [0.25, 0.3) is 0 Å². The number of amides is 1. The summed E-state index contributed by atoms with van der Waals surface area (Å²) in [6.07, 6.45) is 2.85. The highest BCUT2D eigenvalue weighted by atomic mass is 16.5. The summed E-state index contributed by atoms with van der Waals surface area (Å²) >= 11 is 0. The maximum atomic E-state index is 13.5. The lowest BCUT2D eigenvalue weighted by molar-refractivity contribution is -0.158. The number of para-hydroxylation sites is 1. The zero-order chi connectivity index (χ0) is 17.8. The molecule has 2 fully saturated rings. The van der Waals surface area contributed by atoms with Crippen LogP contribution in [-0.2, 0) is 16.1 Å². The summed E-state index contributed by atoms with van der Waals surface area (Å²) in [6, 6.07) is 20.5. The fourth-order valence-corrected chi connectivity index (χ4v) is 4.10. The topological polar surface area (TPSA) is 32.8 Å². The van der Waals surface area contributed by atoms with Crippen LogP contribution in [0.2, 0.25) is 0 Å². The molecule has 4 rings (SSSR count). The minimum Gasteiger partial charge on any atom is -0.362 e. The number of anilines is 1. The molecule has 1 atom stereocenters. The Labute approximate surface area is 155 Å². The summed E-state index contributed by atoms with van der Waals surface area (Å²) in [7, 11) is 0. The first-order valence-electron chi connectivity index (χ1n) is 9.54. The Bertz CT molecular complexity index is 734. The van der Waals surface area contributed by atoms with E-state index in [0.717, 1.165) is 44.6 Å². The van der Waals surface area contributed by atoms with Crippen molar-refractivity contribution >= 4 is 11.6 Å². The van der Waals surface area contributed by atoms with Gasteiger partial charge in [0.1, 0.15) is 0 Å². The van der Waals surface area contributed by atoms with Crippen LogP contribution in [0.3, 0.4) is 0 Å². The molecule has 2 aliphatic rings. The molecule has 4 nitrogen and oxygen atoms in total. The second-order valence-electron chi connectivity index (χ2n) is 7.29. The number of hydrogen-bond acceptors (Lipinski definition) is 3. The van der Waals surface area contributed by atoms with E-state index in [1.54, 1.807) is 0 Å². The number of rotatable bonds is 3. The highest BCUT2D eigenvalue weighted by molar-refractivity contribution is 6.00. The molecule has 2 heterocycles. The lowest BCUT2D eigenvalue weighted by atomic mass is 9.93. The van der Waals surface area contributed by atoms with E-state index in [4.69, 9.17) is 4.74 Å². The number of benzene rings is 2. The third-order valence-electron chi connectivity index (χ3n) is 5.43. The van der Waals surface area contributed by atoms with Crippen molar-refractivity contribution in [2.75, 3.05) is 31.1 Å². The molecule has 4 heteroatoms. The van der Waals surface area contributed by atoms with Crippen molar-refractivity contribution in [1.82, 2.24) is 4.90 Å². The quantitative estimate of drug-likeness (QED) is 0.850. The minimum absolute atomic E-state index is 0.124. The summed E-state index contributed by atoms with van der Waals surface area (Å²) < 4.78 is 6.19. The van der Waals surface area contributed by atoms with Crippen molar-refractivity contribution in [3.63, 3.8) is 0 Å². The Morgan fingerprint density at radius 2 is 1.65 bits per heavy atom. The first-order valence-corrected chi connectivity index (χ1v) is 9.54. The summed E-state index contributed by atoms with van der Waals surface area (Å²) in [5.74, 6) is 0.124. The highest BCUT2D eigenvalue weighted by Crippen LogP contribution is 2.32.